The number of nitrogens with zero attached hydrogens (tertiary/aromatic N) is 4. The third-order valence-electron chi connectivity index (χ3n) is 13.8. The number of methoxy groups -OCH3 is 1. The molecule has 0 radical (unpaired) electrons. The number of hydrogen-bond acceptors (Lipinski definition) is 5. The van der Waals surface area contributed by atoms with E-state index in [-0.39, 0.29) is 53.1 Å². The van der Waals surface area contributed by atoms with Crippen LogP contribution >= 0.6 is 0 Å². The Bertz CT molecular complexity index is 2300. The molecule has 0 amide bonds. The molecular weight excluding hydrogens is 773 g/mol. The zero-order valence-corrected chi connectivity index (χ0v) is 39.9. The van der Waals surface area contributed by atoms with Gasteiger partial charge in [0, 0.05) is 12.0 Å². The Morgan fingerprint density at radius 3 is 2.11 bits per heavy atom. The van der Waals surface area contributed by atoms with Gasteiger partial charge in [-0.1, -0.05) is 145 Å². The molecule has 10 heteroatoms. The van der Waals surface area contributed by atoms with Gasteiger partial charge in [0.2, 0.25) is 0 Å². The van der Waals surface area contributed by atoms with E-state index >= 15 is 0 Å². The predicted molar refractivity (Wildman–Crippen MR) is 246 cm³/mol. The first-order valence-electron chi connectivity index (χ1n) is 22.5. The molecule has 6 rings (SSSR count). The molecule has 1 fully saturated rings. The first kappa shape index (κ1) is 48.0. The molecule has 3 aliphatic rings. The summed E-state index contributed by atoms with van der Waals surface area (Å²) in [5, 5.41) is 6.84. The molecule has 61 heavy (non-hydrogen) atoms. The molecule has 0 aromatic carbocycles. The van der Waals surface area contributed by atoms with Gasteiger partial charge in [0.25, 0.3) is 0 Å². The number of rotatable bonds is 18. The van der Waals surface area contributed by atoms with Crippen molar-refractivity contribution in [2.75, 3.05) is 13.7 Å². The quantitative estimate of drug-likeness (QED) is 0.0706. The van der Waals surface area contributed by atoms with Gasteiger partial charge < -0.3 is 29.7 Å². The Labute approximate surface area is 379 Å². The van der Waals surface area contributed by atoms with Gasteiger partial charge in [0.1, 0.15) is 5.92 Å². The summed E-state index contributed by atoms with van der Waals surface area (Å²) in [4.78, 5) is 56.5. The number of ether oxygens (including phenoxy) is 2. The van der Waals surface area contributed by atoms with E-state index in [1.54, 1.807) is 0 Å². The Morgan fingerprint density at radius 1 is 0.836 bits per heavy atom. The van der Waals surface area contributed by atoms with Crippen LogP contribution in [0.25, 0.3) is 35.2 Å². The average molecular weight is 839 g/mol. The maximum Gasteiger partial charge on any atom is 2.00 e. The number of esters is 2. The Morgan fingerprint density at radius 2 is 1.48 bits per heavy atom. The van der Waals surface area contributed by atoms with Crippen molar-refractivity contribution >= 4 is 70.7 Å². The van der Waals surface area contributed by atoms with Gasteiger partial charge >= 0.3 is 35.0 Å². The minimum absolute atomic E-state index is 0. The van der Waals surface area contributed by atoms with E-state index in [0.29, 0.717) is 52.7 Å². The SMILES string of the molecule is C=Cc1c2[n-]c(c1C)/C=C1\[N-]/C(=C3\c4[n-]c(c(C)c4C(=O)[C@@H]3C(=O)OC)/C=c3\[n-]/c(c(C)c3CC)=C\2)[C@@H](CCC(=O)OCCC(C)CCC[C@H](C)CCC[C@H](C)CC)[C@@H]1C.[Mg+2]. The van der Waals surface area contributed by atoms with Crippen LogP contribution in [-0.4, -0.2) is 54.5 Å². The van der Waals surface area contributed by atoms with Gasteiger partial charge in [-0.15, -0.1) is 33.5 Å². The van der Waals surface area contributed by atoms with Crippen LogP contribution in [0.4, 0.5) is 0 Å². The number of hydrogen-bond donors (Lipinski definition) is 0. The fourth-order valence-corrected chi connectivity index (χ4v) is 9.49. The molecule has 8 bridgehead atoms. The summed E-state index contributed by atoms with van der Waals surface area (Å²) in [6.45, 7) is 23.9. The Hall–Kier alpha value is -4.02. The normalized spacial score (nSPS) is 22.4. The minimum atomic E-state index is -1.21. The summed E-state index contributed by atoms with van der Waals surface area (Å²) in [7, 11) is 1.30. The van der Waals surface area contributed by atoms with E-state index < -0.39 is 11.9 Å². The molecule has 1 unspecified atom stereocenters. The van der Waals surface area contributed by atoms with E-state index in [4.69, 9.17) is 29.7 Å². The second kappa shape index (κ2) is 20.9. The molecule has 0 saturated carbocycles. The topological polar surface area (TPSA) is 126 Å². The van der Waals surface area contributed by atoms with Gasteiger partial charge in [-0.25, -0.2) is 0 Å². The second-order valence-corrected chi connectivity index (χ2v) is 17.9. The molecule has 9 nitrogen and oxygen atoms in total. The van der Waals surface area contributed by atoms with Crippen molar-refractivity contribution in [1.82, 2.24) is 15.0 Å². The molecule has 1 saturated heterocycles. The van der Waals surface area contributed by atoms with Crippen molar-refractivity contribution in [2.24, 2.45) is 35.5 Å². The first-order chi connectivity index (χ1) is 28.7. The molecule has 5 heterocycles. The van der Waals surface area contributed by atoms with E-state index in [2.05, 4.69) is 55.0 Å². The summed E-state index contributed by atoms with van der Waals surface area (Å²) in [5.41, 5.74) is 9.54. The molecule has 3 aromatic heterocycles. The van der Waals surface area contributed by atoms with E-state index in [9.17, 15) is 14.4 Å². The van der Waals surface area contributed by atoms with Crippen molar-refractivity contribution in [3.8, 4) is 0 Å². The van der Waals surface area contributed by atoms with Gasteiger partial charge in [0.05, 0.1) is 13.7 Å². The van der Waals surface area contributed by atoms with Crippen LogP contribution in [0.3, 0.4) is 0 Å². The van der Waals surface area contributed by atoms with E-state index in [1.165, 1.54) is 45.6 Å². The number of ketones is 1. The standard InChI is InChI=1S/C51H67N4O5.Mg/c1-12-28(4)17-15-18-29(5)19-16-20-30(6)23-24-60-44(56)22-21-37-33(9)40-25-38-31(7)35(13-2)42(52-38)26-39-32(8)36(14-3)43(53-39)27-41-34(10)45-49(55-41)46(48(37)54-40)47(50(45)57)51(58)59-11;/h13,25-30,33,37,47H,2,12,14-24H2,1,3-11H3,(H-,54,55,57);/q-3;+2/p-1/b39-26-,40-25-,43-27-;/t28-,29-,30?,33+,37+,47-;/m1./s1. The molecule has 1 aliphatic carbocycles. The predicted octanol–water partition coefficient (Wildman–Crippen LogP) is 9.03. The third kappa shape index (κ3) is 10.1. The zero-order chi connectivity index (χ0) is 43.4. The van der Waals surface area contributed by atoms with E-state index in [0.717, 1.165) is 81.1 Å². The fourth-order valence-electron chi connectivity index (χ4n) is 9.49. The monoisotopic (exact) mass is 838 g/mol. The van der Waals surface area contributed by atoms with Crippen LogP contribution in [0.15, 0.2) is 18.0 Å². The number of carbonyl (C=O) groups is 3. The smallest absolute Gasteiger partial charge is 0.664 e. The minimum Gasteiger partial charge on any atom is -0.664 e. The number of aromatic nitrogens is 3. The van der Waals surface area contributed by atoms with Crippen molar-refractivity contribution < 1.29 is 23.9 Å². The summed E-state index contributed by atoms with van der Waals surface area (Å²) in [5.74, 6) is -0.906. The van der Waals surface area contributed by atoms with Gasteiger partial charge in [-0.2, -0.15) is 11.4 Å². The number of allylic oxidation sites excluding steroid dienone is 2. The Kier molecular flexibility index (Phi) is 16.4. The van der Waals surface area contributed by atoms with Crippen LogP contribution in [-0.2, 0) is 25.5 Å². The molecule has 2 aliphatic heterocycles. The van der Waals surface area contributed by atoms with Gasteiger partial charge in [-0.3, -0.25) is 14.4 Å². The molecule has 6 atom stereocenters. The van der Waals surface area contributed by atoms with Crippen molar-refractivity contribution in [3.05, 3.63) is 90.1 Å². The molecule has 3 aromatic rings. The van der Waals surface area contributed by atoms with Crippen molar-refractivity contribution in [3.63, 3.8) is 0 Å². The second-order valence-electron chi connectivity index (χ2n) is 17.9. The van der Waals surface area contributed by atoms with Crippen LogP contribution < -0.4 is 25.7 Å². The molecule has 324 valence electrons. The van der Waals surface area contributed by atoms with Crippen LogP contribution in [0.2, 0.25) is 0 Å². The van der Waals surface area contributed by atoms with Crippen molar-refractivity contribution in [2.45, 2.75) is 133 Å². The zero-order valence-electron chi connectivity index (χ0n) is 38.5. The number of Topliss-reactive ketones (excluding diaryl/α,β-unsaturated/α-hetero) is 1. The molecule has 0 N–H and O–H groups in total. The largest absolute Gasteiger partial charge is 2.00 e. The average Bonchev–Trinajstić information content (AvgIpc) is 3.97. The molecular formula is C51H66MgN4O5-2. The number of carbonyl (C=O) groups excluding carboxylic acids is 3. The van der Waals surface area contributed by atoms with E-state index in [1.807, 2.05) is 38.2 Å². The fraction of sp³-hybridized carbons (Fsp3) is 0.549. The summed E-state index contributed by atoms with van der Waals surface area (Å²) in [6.07, 6.45) is 18.7. The maximum absolute atomic E-state index is 14.3. The van der Waals surface area contributed by atoms with Crippen LogP contribution in [0.1, 0.15) is 167 Å². The first-order valence-corrected chi connectivity index (χ1v) is 22.5. The van der Waals surface area contributed by atoms with Crippen LogP contribution in [0, 0.1) is 56.3 Å². The summed E-state index contributed by atoms with van der Waals surface area (Å²) < 4.78 is 11.1. The number of fused-ring (bicyclic) bond motifs is 7. The van der Waals surface area contributed by atoms with Crippen LogP contribution in [0.5, 0.6) is 0 Å². The molecule has 0 spiro atoms. The van der Waals surface area contributed by atoms with Gasteiger partial charge in [-0.05, 0) is 75.2 Å². The Balaban J connectivity index is 0.00000704. The maximum atomic E-state index is 14.3. The van der Waals surface area contributed by atoms with Crippen molar-refractivity contribution in [1.29, 1.82) is 0 Å². The summed E-state index contributed by atoms with van der Waals surface area (Å²) in [6, 6.07) is 0. The third-order valence-corrected chi connectivity index (χ3v) is 13.8. The summed E-state index contributed by atoms with van der Waals surface area (Å²) >= 11 is 0. The van der Waals surface area contributed by atoms with Gasteiger partial charge in [0.15, 0.2) is 5.78 Å².